The highest BCUT2D eigenvalue weighted by Crippen LogP contribution is 2.27. The highest BCUT2D eigenvalue weighted by Gasteiger charge is 2.14. The number of aryl methyl sites for hydroxylation is 2. The number of para-hydroxylation sites is 2. The quantitative estimate of drug-likeness (QED) is 0.880. The molecule has 21 heavy (non-hydrogen) atoms. The summed E-state index contributed by atoms with van der Waals surface area (Å²) in [7, 11) is 1.80. The first-order valence-electron chi connectivity index (χ1n) is 6.50. The third-order valence-electron chi connectivity index (χ3n) is 3.05. The molecule has 0 aliphatic carbocycles. The van der Waals surface area contributed by atoms with Crippen LogP contribution in [-0.2, 0) is 20.0 Å². The zero-order chi connectivity index (χ0) is 15.4. The van der Waals surface area contributed by atoms with E-state index in [4.69, 9.17) is 11.6 Å². The Bertz CT molecular complexity index is 616. The number of benzene rings is 1. The van der Waals surface area contributed by atoms with Crippen molar-refractivity contribution in [1.29, 1.82) is 0 Å². The molecule has 0 aliphatic heterocycles. The van der Waals surface area contributed by atoms with Gasteiger partial charge >= 0.3 is 6.61 Å². The molecule has 0 bridgehead atoms. The smallest absolute Gasteiger partial charge is 0.387 e. The summed E-state index contributed by atoms with van der Waals surface area (Å²) in [4.78, 5) is 0. The van der Waals surface area contributed by atoms with Gasteiger partial charge in [-0.05, 0) is 18.6 Å². The molecule has 4 nitrogen and oxygen atoms in total. The van der Waals surface area contributed by atoms with Gasteiger partial charge in [0.05, 0.1) is 28.6 Å². The van der Waals surface area contributed by atoms with Crippen LogP contribution in [0.4, 0.5) is 14.5 Å². The van der Waals surface area contributed by atoms with E-state index in [0.29, 0.717) is 17.3 Å². The van der Waals surface area contributed by atoms with Gasteiger partial charge in [0.15, 0.2) is 0 Å². The molecule has 0 unspecified atom stereocenters. The molecule has 7 heteroatoms. The van der Waals surface area contributed by atoms with E-state index in [1.54, 1.807) is 29.9 Å². The molecule has 0 saturated carbocycles. The standard InChI is InChI=1S/C14H16ClF2N3O/c1-3-9-13(15)11(20(2)19-9)8-18-10-6-4-5-7-12(10)21-14(16)17/h4-7,14,18H,3,8H2,1-2H3. The van der Waals surface area contributed by atoms with Crippen molar-refractivity contribution >= 4 is 17.3 Å². The lowest BCUT2D eigenvalue weighted by Gasteiger charge is -2.12. The molecule has 0 spiro atoms. The van der Waals surface area contributed by atoms with E-state index in [1.165, 1.54) is 6.07 Å². The minimum atomic E-state index is -2.86. The molecule has 0 fully saturated rings. The fraction of sp³-hybridized carbons (Fsp3) is 0.357. The normalized spacial score (nSPS) is 11.0. The van der Waals surface area contributed by atoms with Crippen molar-refractivity contribution in [1.82, 2.24) is 9.78 Å². The van der Waals surface area contributed by atoms with E-state index in [2.05, 4.69) is 15.2 Å². The first-order valence-corrected chi connectivity index (χ1v) is 6.88. The second kappa shape index (κ2) is 6.76. The number of ether oxygens (including phenoxy) is 1. The van der Waals surface area contributed by atoms with Gasteiger partial charge in [-0.2, -0.15) is 13.9 Å². The van der Waals surface area contributed by atoms with Crippen LogP contribution in [0.15, 0.2) is 24.3 Å². The second-order valence-electron chi connectivity index (χ2n) is 4.41. The number of nitrogens with one attached hydrogen (secondary N) is 1. The molecule has 1 N–H and O–H groups in total. The Morgan fingerprint density at radius 3 is 2.71 bits per heavy atom. The molecule has 1 aromatic carbocycles. The van der Waals surface area contributed by atoms with Crippen molar-refractivity contribution in [2.75, 3.05) is 5.32 Å². The summed E-state index contributed by atoms with van der Waals surface area (Å²) >= 11 is 6.25. The van der Waals surface area contributed by atoms with Crippen molar-refractivity contribution in [3.05, 3.63) is 40.7 Å². The fourth-order valence-electron chi connectivity index (χ4n) is 2.00. The van der Waals surface area contributed by atoms with E-state index >= 15 is 0 Å². The van der Waals surface area contributed by atoms with Gasteiger partial charge in [-0.3, -0.25) is 4.68 Å². The minimum Gasteiger partial charge on any atom is -0.433 e. The van der Waals surface area contributed by atoms with Crippen LogP contribution in [0.2, 0.25) is 5.02 Å². The predicted octanol–water partition coefficient (Wildman–Crippen LogP) is 3.85. The lowest BCUT2D eigenvalue weighted by Crippen LogP contribution is -2.09. The lowest BCUT2D eigenvalue weighted by atomic mass is 10.2. The molecule has 0 saturated heterocycles. The fourth-order valence-corrected chi connectivity index (χ4v) is 2.36. The zero-order valence-corrected chi connectivity index (χ0v) is 12.5. The Kier molecular flexibility index (Phi) is 5.01. The van der Waals surface area contributed by atoms with E-state index in [9.17, 15) is 8.78 Å². The summed E-state index contributed by atoms with van der Waals surface area (Å²) in [5.74, 6) is 0.0986. The van der Waals surface area contributed by atoms with Crippen LogP contribution in [0, 0.1) is 0 Å². The van der Waals surface area contributed by atoms with Crippen LogP contribution >= 0.6 is 11.6 Å². The maximum atomic E-state index is 12.4. The zero-order valence-electron chi connectivity index (χ0n) is 11.7. The summed E-state index contributed by atoms with van der Waals surface area (Å²) in [5.41, 5.74) is 2.08. The van der Waals surface area contributed by atoms with Gasteiger partial charge in [0, 0.05) is 7.05 Å². The van der Waals surface area contributed by atoms with Crippen LogP contribution in [0.1, 0.15) is 18.3 Å². The SMILES string of the molecule is CCc1nn(C)c(CNc2ccccc2OC(F)F)c1Cl. The Morgan fingerprint density at radius 1 is 1.38 bits per heavy atom. The molecular formula is C14H16ClF2N3O. The highest BCUT2D eigenvalue weighted by molar-refractivity contribution is 6.31. The summed E-state index contributed by atoms with van der Waals surface area (Å²) in [5, 5.41) is 7.95. The summed E-state index contributed by atoms with van der Waals surface area (Å²) in [6.07, 6.45) is 0.734. The molecule has 1 heterocycles. The average molecular weight is 316 g/mol. The van der Waals surface area contributed by atoms with Gasteiger partial charge in [0.1, 0.15) is 5.75 Å². The van der Waals surface area contributed by atoms with Crippen molar-refractivity contribution in [2.45, 2.75) is 26.5 Å². The largest absolute Gasteiger partial charge is 0.433 e. The molecule has 1 aromatic heterocycles. The van der Waals surface area contributed by atoms with Gasteiger partial charge in [0.25, 0.3) is 0 Å². The lowest BCUT2D eigenvalue weighted by molar-refractivity contribution is -0.0493. The molecule has 0 aliphatic rings. The van der Waals surface area contributed by atoms with Gasteiger partial charge in [0.2, 0.25) is 0 Å². The first-order chi connectivity index (χ1) is 10.0. The monoisotopic (exact) mass is 315 g/mol. The van der Waals surface area contributed by atoms with Gasteiger partial charge in [-0.15, -0.1) is 0 Å². The van der Waals surface area contributed by atoms with Crippen LogP contribution in [0.3, 0.4) is 0 Å². The summed E-state index contributed by atoms with van der Waals surface area (Å²) in [6.45, 7) is -0.525. The van der Waals surface area contributed by atoms with Crippen molar-refractivity contribution in [2.24, 2.45) is 7.05 Å². The van der Waals surface area contributed by atoms with Crippen LogP contribution in [-0.4, -0.2) is 16.4 Å². The maximum Gasteiger partial charge on any atom is 0.387 e. The van der Waals surface area contributed by atoms with E-state index in [0.717, 1.165) is 17.8 Å². The number of halogens is 3. The number of alkyl halides is 2. The predicted molar refractivity (Wildman–Crippen MR) is 78.0 cm³/mol. The van der Waals surface area contributed by atoms with Crippen molar-refractivity contribution in [3.63, 3.8) is 0 Å². The van der Waals surface area contributed by atoms with E-state index in [1.807, 2.05) is 6.92 Å². The molecular weight excluding hydrogens is 300 g/mol. The van der Waals surface area contributed by atoms with Crippen molar-refractivity contribution in [3.8, 4) is 5.75 Å². The molecule has 0 radical (unpaired) electrons. The Morgan fingerprint density at radius 2 is 2.10 bits per heavy atom. The third kappa shape index (κ3) is 3.64. The van der Waals surface area contributed by atoms with Gasteiger partial charge < -0.3 is 10.1 Å². The summed E-state index contributed by atoms with van der Waals surface area (Å²) in [6, 6.07) is 6.53. The Labute approximate surface area is 126 Å². The van der Waals surface area contributed by atoms with Gasteiger partial charge in [-0.25, -0.2) is 0 Å². The Hall–Kier alpha value is -1.82. The van der Waals surface area contributed by atoms with Crippen LogP contribution < -0.4 is 10.1 Å². The summed E-state index contributed by atoms with van der Waals surface area (Å²) < 4.78 is 30.9. The molecule has 114 valence electrons. The number of anilines is 1. The highest BCUT2D eigenvalue weighted by atomic mass is 35.5. The number of nitrogens with zero attached hydrogens (tertiary/aromatic N) is 2. The van der Waals surface area contributed by atoms with E-state index in [-0.39, 0.29) is 5.75 Å². The number of aromatic nitrogens is 2. The first kappa shape index (κ1) is 15.6. The topological polar surface area (TPSA) is 39.1 Å². The van der Waals surface area contributed by atoms with E-state index < -0.39 is 6.61 Å². The second-order valence-corrected chi connectivity index (χ2v) is 4.79. The molecule has 2 aromatic rings. The van der Waals surface area contributed by atoms with Crippen molar-refractivity contribution < 1.29 is 13.5 Å². The average Bonchev–Trinajstić information content (AvgIpc) is 2.72. The Balaban J connectivity index is 2.15. The number of hydrogen-bond acceptors (Lipinski definition) is 3. The number of rotatable bonds is 6. The molecule has 2 rings (SSSR count). The molecule has 0 atom stereocenters. The van der Waals surface area contributed by atoms with Crippen LogP contribution in [0.5, 0.6) is 5.75 Å². The van der Waals surface area contributed by atoms with Crippen LogP contribution in [0.25, 0.3) is 0 Å². The number of hydrogen-bond donors (Lipinski definition) is 1. The van der Waals surface area contributed by atoms with Gasteiger partial charge in [-0.1, -0.05) is 30.7 Å². The third-order valence-corrected chi connectivity index (χ3v) is 3.49. The minimum absolute atomic E-state index is 0.0986. The maximum absolute atomic E-state index is 12.4. The molecule has 0 amide bonds.